The zero-order valence-electron chi connectivity index (χ0n) is 18.6. The SMILES string of the molecule is CSCC[C@H](NC(=O)c1ccc(OCC2COc3ccccc3O2)cc1-c1ccoc1)C(=O)O. The van der Waals surface area contributed by atoms with Crippen LogP contribution < -0.4 is 19.5 Å². The van der Waals surface area contributed by atoms with Gasteiger partial charge in [-0.15, -0.1) is 0 Å². The highest BCUT2D eigenvalue weighted by molar-refractivity contribution is 7.98. The first-order chi connectivity index (χ1) is 16.5. The van der Waals surface area contributed by atoms with Crippen LogP contribution in [0.5, 0.6) is 17.2 Å². The molecular weight excluding hydrogens is 458 g/mol. The molecule has 0 saturated heterocycles. The molecule has 1 aromatic heterocycles. The maximum Gasteiger partial charge on any atom is 0.326 e. The van der Waals surface area contributed by atoms with Crippen LogP contribution in [-0.4, -0.2) is 54.4 Å². The highest BCUT2D eigenvalue weighted by Gasteiger charge is 2.24. The van der Waals surface area contributed by atoms with Gasteiger partial charge in [-0.3, -0.25) is 4.79 Å². The summed E-state index contributed by atoms with van der Waals surface area (Å²) in [6, 6.07) is 13.2. The van der Waals surface area contributed by atoms with Crippen LogP contribution in [0.3, 0.4) is 0 Å². The number of ether oxygens (including phenoxy) is 3. The van der Waals surface area contributed by atoms with E-state index in [9.17, 15) is 14.7 Å². The first-order valence-electron chi connectivity index (χ1n) is 10.8. The molecule has 9 heteroatoms. The molecule has 0 spiro atoms. The number of para-hydroxylation sites is 2. The average Bonchev–Trinajstić information content (AvgIpc) is 3.39. The molecule has 0 saturated carbocycles. The minimum Gasteiger partial charge on any atom is -0.490 e. The van der Waals surface area contributed by atoms with Crippen LogP contribution in [0.25, 0.3) is 11.1 Å². The second-order valence-corrected chi connectivity index (χ2v) is 8.66. The van der Waals surface area contributed by atoms with E-state index in [1.54, 1.807) is 24.3 Å². The lowest BCUT2D eigenvalue weighted by atomic mass is 10.0. The number of hydrogen-bond donors (Lipinski definition) is 2. The molecule has 2 N–H and O–H groups in total. The predicted molar refractivity (Wildman–Crippen MR) is 128 cm³/mol. The lowest BCUT2D eigenvalue weighted by Crippen LogP contribution is -2.41. The third-order valence-electron chi connectivity index (χ3n) is 5.29. The Labute approximate surface area is 201 Å². The highest BCUT2D eigenvalue weighted by atomic mass is 32.2. The van der Waals surface area contributed by atoms with Crippen LogP contribution in [-0.2, 0) is 4.79 Å². The molecule has 0 fully saturated rings. The molecule has 1 amide bonds. The molecule has 0 bridgehead atoms. The smallest absolute Gasteiger partial charge is 0.326 e. The van der Waals surface area contributed by atoms with Crippen LogP contribution in [0, 0.1) is 0 Å². The van der Waals surface area contributed by atoms with Crippen LogP contribution >= 0.6 is 11.8 Å². The molecule has 1 aliphatic heterocycles. The van der Waals surface area contributed by atoms with Crippen molar-refractivity contribution in [3.8, 4) is 28.4 Å². The Morgan fingerprint density at radius 3 is 2.76 bits per heavy atom. The Morgan fingerprint density at radius 1 is 1.21 bits per heavy atom. The average molecular weight is 484 g/mol. The van der Waals surface area contributed by atoms with Crippen LogP contribution in [0.1, 0.15) is 16.8 Å². The van der Waals surface area contributed by atoms with Crippen molar-refractivity contribution < 1.29 is 33.3 Å². The summed E-state index contributed by atoms with van der Waals surface area (Å²) in [6.45, 7) is 0.610. The topological polar surface area (TPSA) is 107 Å². The monoisotopic (exact) mass is 483 g/mol. The summed E-state index contributed by atoms with van der Waals surface area (Å²) in [6.07, 6.45) is 4.96. The van der Waals surface area contributed by atoms with E-state index in [0.29, 0.717) is 52.7 Å². The van der Waals surface area contributed by atoms with E-state index in [1.807, 2.05) is 30.5 Å². The molecule has 0 aliphatic carbocycles. The largest absolute Gasteiger partial charge is 0.490 e. The number of hydrogen-bond acceptors (Lipinski definition) is 7. The van der Waals surface area contributed by atoms with Gasteiger partial charge in [0, 0.05) is 16.7 Å². The normalized spacial score (nSPS) is 15.4. The summed E-state index contributed by atoms with van der Waals surface area (Å²) in [7, 11) is 0. The van der Waals surface area contributed by atoms with Gasteiger partial charge < -0.3 is 29.1 Å². The zero-order valence-corrected chi connectivity index (χ0v) is 19.4. The number of carboxylic acids is 1. The van der Waals surface area contributed by atoms with E-state index in [1.165, 1.54) is 24.3 Å². The van der Waals surface area contributed by atoms with Crippen molar-refractivity contribution in [2.75, 3.05) is 25.2 Å². The minimum absolute atomic E-state index is 0.250. The van der Waals surface area contributed by atoms with Gasteiger partial charge in [0.05, 0.1) is 12.5 Å². The van der Waals surface area contributed by atoms with Crippen molar-refractivity contribution in [3.05, 3.63) is 66.6 Å². The Kier molecular flexibility index (Phi) is 7.64. The van der Waals surface area contributed by atoms with Gasteiger partial charge in [-0.2, -0.15) is 11.8 Å². The lowest BCUT2D eigenvalue weighted by Gasteiger charge is -2.26. The van der Waals surface area contributed by atoms with E-state index in [4.69, 9.17) is 18.6 Å². The van der Waals surface area contributed by atoms with Gasteiger partial charge in [-0.1, -0.05) is 12.1 Å². The number of amides is 1. The van der Waals surface area contributed by atoms with E-state index in [-0.39, 0.29) is 12.7 Å². The number of carbonyl (C=O) groups excluding carboxylic acids is 1. The number of carboxylic acid groups (broad SMARTS) is 1. The number of aliphatic carboxylic acids is 1. The number of nitrogens with one attached hydrogen (secondary N) is 1. The highest BCUT2D eigenvalue weighted by Crippen LogP contribution is 2.32. The molecule has 4 rings (SSSR count). The van der Waals surface area contributed by atoms with E-state index in [2.05, 4.69) is 5.32 Å². The van der Waals surface area contributed by atoms with Crippen LogP contribution in [0.15, 0.2) is 65.5 Å². The number of furan rings is 1. The summed E-state index contributed by atoms with van der Waals surface area (Å²) < 4.78 is 22.8. The maximum absolute atomic E-state index is 13.0. The quantitative estimate of drug-likeness (QED) is 0.444. The summed E-state index contributed by atoms with van der Waals surface area (Å²) in [5, 5.41) is 12.1. The molecule has 1 unspecified atom stereocenters. The van der Waals surface area contributed by atoms with Crippen molar-refractivity contribution in [3.63, 3.8) is 0 Å². The van der Waals surface area contributed by atoms with Crippen molar-refractivity contribution in [2.24, 2.45) is 0 Å². The van der Waals surface area contributed by atoms with Gasteiger partial charge >= 0.3 is 5.97 Å². The Hall–Kier alpha value is -3.59. The van der Waals surface area contributed by atoms with Gasteiger partial charge in [0.1, 0.15) is 25.0 Å². The first-order valence-corrected chi connectivity index (χ1v) is 12.1. The first kappa shape index (κ1) is 23.6. The molecule has 2 heterocycles. The molecule has 34 heavy (non-hydrogen) atoms. The van der Waals surface area contributed by atoms with Crippen molar-refractivity contribution in [1.82, 2.24) is 5.32 Å². The Morgan fingerprint density at radius 2 is 2.03 bits per heavy atom. The maximum atomic E-state index is 13.0. The predicted octanol–water partition coefficient (Wildman–Crippen LogP) is 4.10. The fourth-order valence-electron chi connectivity index (χ4n) is 3.53. The van der Waals surface area contributed by atoms with Gasteiger partial charge in [0.15, 0.2) is 17.6 Å². The van der Waals surface area contributed by atoms with E-state index >= 15 is 0 Å². The number of carbonyl (C=O) groups is 2. The molecule has 178 valence electrons. The van der Waals surface area contributed by atoms with Gasteiger partial charge in [0.2, 0.25) is 0 Å². The van der Waals surface area contributed by atoms with Crippen LogP contribution in [0.2, 0.25) is 0 Å². The van der Waals surface area contributed by atoms with E-state index < -0.39 is 17.9 Å². The van der Waals surface area contributed by atoms with Gasteiger partial charge in [0.25, 0.3) is 5.91 Å². The number of thioether (sulfide) groups is 1. The summed E-state index contributed by atoms with van der Waals surface area (Å²) in [5.41, 5.74) is 1.58. The molecule has 0 radical (unpaired) electrons. The van der Waals surface area contributed by atoms with Crippen molar-refractivity contribution in [2.45, 2.75) is 18.6 Å². The lowest BCUT2D eigenvalue weighted by molar-refractivity contribution is -0.139. The van der Waals surface area contributed by atoms with Crippen molar-refractivity contribution in [1.29, 1.82) is 0 Å². The summed E-state index contributed by atoms with van der Waals surface area (Å²) >= 11 is 1.52. The fraction of sp³-hybridized carbons (Fsp3) is 0.280. The molecule has 2 aromatic carbocycles. The Bertz CT molecular complexity index is 1130. The number of rotatable bonds is 10. The molecule has 3 aromatic rings. The standard InChI is InChI=1S/C25H25NO7S/c1-34-11-9-21(25(28)29)26-24(27)19-7-6-17(12-20(19)16-8-10-30-13-16)31-14-18-15-32-22-4-2-3-5-23(22)33-18/h2-8,10,12-13,18,21H,9,11,14-15H2,1H3,(H,26,27)(H,28,29)/t18?,21-/m0/s1. The number of benzene rings is 2. The molecule has 2 atom stereocenters. The van der Waals surface area contributed by atoms with E-state index in [0.717, 1.165) is 0 Å². The zero-order chi connectivity index (χ0) is 23.9. The second kappa shape index (κ2) is 11.0. The second-order valence-electron chi connectivity index (χ2n) is 7.67. The summed E-state index contributed by atoms with van der Waals surface area (Å²) in [4.78, 5) is 24.6. The number of fused-ring (bicyclic) bond motifs is 1. The Balaban J connectivity index is 1.49. The minimum atomic E-state index is -1.07. The third-order valence-corrected chi connectivity index (χ3v) is 5.93. The van der Waals surface area contributed by atoms with Crippen LogP contribution in [0.4, 0.5) is 0 Å². The molecule has 1 aliphatic rings. The summed E-state index contributed by atoms with van der Waals surface area (Å²) in [5.74, 6) is 0.986. The van der Waals surface area contributed by atoms with Crippen molar-refractivity contribution >= 4 is 23.6 Å². The van der Waals surface area contributed by atoms with Gasteiger partial charge in [-0.25, -0.2) is 4.79 Å². The fourth-order valence-corrected chi connectivity index (χ4v) is 4.00. The molecular formula is C25H25NO7S. The molecule has 8 nitrogen and oxygen atoms in total. The van der Waals surface area contributed by atoms with Gasteiger partial charge in [-0.05, 0) is 54.8 Å². The third kappa shape index (κ3) is 5.66.